The van der Waals surface area contributed by atoms with E-state index in [0.29, 0.717) is 0 Å². The Hall–Kier alpha value is -0.710. The number of thiazole rings is 1. The van der Waals surface area contributed by atoms with Crippen molar-refractivity contribution in [2.24, 2.45) is 5.73 Å². The second-order valence-electron chi connectivity index (χ2n) is 3.76. The molecule has 0 fully saturated rings. The number of hydrogen-bond acceptors (Lipinski definition) is 3. The van der Waals surface area contributed by atoms with Crippen LogP contribution in [0.25, 0.3) is 11.3 Å². The number of nitrogens with zero attached hydrogens (tertiary/aromatic N) is 1. The first kappa shape index (κ1) is 11.8. The summed E-state index contributed by atoms with van der Waals surface area (Å²) in [6.07, 6.45) is 0. The third kappa shape index (κ3) is 2.34. The lowest BCUT2D eigenvalue weighted by Gasteiger charge is -1.99. The van der Waals surface area contributed by atoms with Crippen molar-refractivity contribution in [3.63, 3.8) is 0 Å². The molecule has 0 bridgehead atoms. The lowest BCUT2D eigenvalue weighted by molar-refractivity contribution is 0.808. The molecule has 0 aliphatic heterocycles. The molecule has 84 valence electrons. The summed E-state index contributed by atoms with van der Waals surface area (Å²) in [5.41, 5.74) is 8.02. The van der Waals surface area contributed by atoms with Crippen LogP contribution >= 0.6 is 27.3 Å². The van der Waals surface area contributed by atoms with Gasteiger partial charge in [0.15, 0.2) is 0 Å². The van der Waals surface area contributed by atoms with Crippen LogP contribution in [0.5, 0.6) is 0 Å². The Labute approximate surface area is 108 Å². The molecule has 1 aromatic carbocycles. The Bertz CT molecular complexity index is 505. The van der Waals surface area contributed by atoms with E-state index < -0.39 is 0 Å². The van der Waals surface area contributed by atoms with Crippen molar-refractivity contribution in [2.45, 2.75) is 19.9 Å². The van der Waals surface area contributed by atoms with Crippen LogP contribution in [0.3, 0.4) is 0 Å². The second kappa shape index (κ2) is 4.65. The standard InChI is InChI=1S/C12H13BrN2S/c1-7(14)12-15-11(8(2)16-12)9-4-3-5-10(13)6-9/h3-7H,14H2,1-2H3. The average molecular weight is 297 g/mol. The van der Waals surface area contributed by atoms with Gasteiger partial charge in [-0.3, -0.25) is 0 Å². The molecule has 0 spiro atoms. The Morgan fingerprint density at radius 3 is 2.75 bits per heavy atom. The minimum Gasteiger partial charge on any atom is -0.322 e. The van der Waals surface area contributed by atoms with Crippen LogP contribution in [0.2, 0.25) is 0 Å². The Kier molecular flexibility index (Phi) is 3.42. The van der Waals surface area contributed by atoms with Crippen molar-refractivity contribution >= 4 is 27.3 Å². The Morgan fingerprint density at radius 1 is 1.44 bits per heavy atom. The Morgan fingerprint density at radius 2 is 2.19 bits per heavy atom. The minimum atomic E-state index is 0.00426. The fourth-order valence-corrected chi connectivity index (χ4v) is 2.81. The largest absolute Gasteiger partial charge is 0.322 e. The highest BCUT2D eigenvalue weighted by molar-refractivity contribution is 9.10. The van der Waals surface area contributed by atoms with E-state index in [2.05, 4.69) is 40.0 Å². The Balaban J connectivity index is 2.48. The van der Waals surface area contributed by atoms with E-state index in [1.807, 2.05) is 19.1 Å². The van der Waals surface area contributed by atoms with Gasteiger partial charge in [-0.2, -0.15) is 0 Å². The lowest BCUT2D eigenvalue weighted by Crippen LogP contribution is -2.03. The predicted molar refractivity (Wildman–Crippen MR) is 72.6 cm³/mol. The van der Waals surface area contributed by atoms with Crippen molar-refractivity contribution in [3.8, 4) is 11.3 Å². The number of rotatable bonds is 2. The number of halogens is 1. The molecule has 16 heavy (non-hydrogen) atoms. The van der Waals surface area contributed by atoms with Crippen LogP contribution in [-0.2, 0) is 0 Å². The van der Waals surface area contributed by atoms with E-state index >= 15 is 0 Å². The summed E-state index contributed by atoms with van der Waals surface area (Å²) in [4.78, 5) is 5.81. The molecule has 1 aromatic heterocycles. The van der Waals surface area contributed by atoms with Gasteiger partial charge >= 0.3 is 0 Å². The van der Waals surface area contributed by atoms with Crippen molar-refractivity contribution < 1.29 is 0 Å². The van der Waals surface area contributed by atoms with Crippen LogP contribution in [0.4, 0.5) is 0 Å². The fraction of sp³-hybridized carbons (Fsp3) is 0.250. The molecular formula is C12H13BrN2S. The number of aromatic nitrogens is 1. The van der Waals surface area contributed by atoms with Crippen molar-refractivity contribution in [1.29, 1.82) is 0 Å². The summed E-state index contributed by atoms with van der Waals surface area (Å²) in [7, 11) is 0. The first-order valence-corrected chi connectivity index (χ1v) is 6.67. The lowest BCUT2D eigenvalue weighted by atomic mass is 10.1. The van der Waals surface area contributed by atoms with Gasteiger partial charge in [0.2, 0.25) is 0 Å². The van der Waals surface area contributed by atoms with Gasteiger partial charge in [0.1, 0.15) is 5.01 Å². The quantitative estimate of drug-likeness (QED) is 0.913. The highest BCUT2D eigenvalue weighted by Gasteiger charge is 2.12. The number of aryl methyl sites for hydroxylation is 1. The van der Waals surface area contributed by atoms with E-state index in [1.54, 1.807) is 11.3 Å². The molecule has 2 aromatic rings. The zero-order valence-electron chi connectivity index (χ0n) is 9.20. The van der Waals surface area contributed by atoms with Gasteiger partial charge < -0.3 is 5.73 Å². The predicted octanol–water partition coefficient (Wildman–Crippen LogP) is 3.90. The number of benzene rings is 1. The maximum Gasteiger partial charge on any atom is 0.110 e. The van der Waals surface area contributed by atoms with Gasteiger partial charge in [-0.15, -0.1) is 11.3 Å². The summed E-state index contributed by atoms with van der Waals surface area (Å²) in [5.74, 6) is 0. The SMILES string of the molecule is Cc1sc(C(C)N)nc1-c1cccc(Br)c1. The van der Waals surface area contributed by atoms with Crippen LogP contribution < -0.4 is 5.73 Å². The smallest absolute Gasteiger partial charge is 0.110 e. The maximum absolute atomic E-state index is 5.84. The maximum atomic E-state index is 5.84. The molecule has 0 saturated carbocycles. The molecule has 2 nitrogen and oxygen atoms in total. The van der Waals surface area contributed by atoms with Gasteiger partial charge in [0.25, 0.3) is 0 Å². The molecule has 2 rings (SSSR count). The first-order valence-electron chi connectivity index (χ1n) is 5.07. The molecule has 1 heterocycles. The molecule has 1 atom stereocenters. The number of hydrogen-bond donors (Lipinski definition) is 1. The molecule has 0 radical (unpaired) electrons. The van der Waals surface area contributed by atoms with Gasteiger partial charge in [-0.25, -0.2) is 4.98 Å². The van der Waals surface area contributed by atoms with Crippen molar-refractivity contribution in [2.75, 3.05) is 0 Å². The zero-order chi connectivity index (χ0) is 11.7. The molecule has 0 aliphatic rings. The third-order valence-corrected chi connectivity index (χ3v) is 3.97. The topological polar surface area (TPSA) is 38.9 Å². The highest BCUT2D eigenvalue weighted by atomic mass is 79.9. The monoisotopic (exact) mass is 296 g/mol. The molecule has 0 saturated heterocycles. The molecule has 0 amide bonds. The van der Waals surface area contributed by atoms with E-state index in [-0.39, 0.29) is 6.04 Å². The number of nitrogens with two attached hydrogens (primary N) is 1. The summed E-state index contributed by atoms with van der Waals surface area (Å²) in [5, 5.41) is 0.993. The van der Waals surface area contributed by atoms with Gasteiger partial charge in [-0.1, -0.05) is 28.1 Å². The molecule has 2 N–H and O–H groups in total. The van der Waals surface area contributed by atoms with E-state index in [1.165, 1.54) is 4.88 Å². The minimum absolute atomic E-state index is 0.00426. The van der Waals surface area contributed by atoms with Gasteiger partial charge in [-0.05, 0) is 26.0 Å². The highest BCUT2D eigenvalue weighted by Crippen LogP contribution is 2.30. The summed E-state index contributed by atoms with van der Waals surface area (Å²) in [6, 6.07) is 8.18. The van der Waals surface area contributed by atoms with Crippen molar-refractivity contribution in [3.05, 3.63) is 38.6 Å². The van der Waals surface area contributed by atoms with Gasteiger partial charge in [0, 0.05) is 14.9 Å². The molecule has 0 aliphatic carbocycles. The van der Waals surface area contributed by atoms with Crippen LogP contribution in [-0.4, -0.2) is 4.98 Å². The second-order valence-corrected chi connectivity index (χ2v) is 5.91. The fourth-order valence-electron chi connectivity index (χ4n) is 1.52. The summed E-state index contributed by atoms with van der Waals surface area (Å²) < 4.78 is 1.07. The third-order valence-electron chi connectivity index (χ3n) is 2.30. The average Bonchev–Trinajstić information content (AvgIpc) is 2.60. The molecule has 4 heteroatoms. The molecular weight excluding hydrogens is 284 g/mol. The summed E-state index contributed by atoms with van der Waals surface area (Å²) in [6.45, 7) is 4.04. The van der Waals surface area contributed by atoms with Crippen LogP contribution in [0.1, 0.15) is 22.9 Å². The molecule has 1 unspecified atom stereocenters. The van der Waals surface area contributed by atoms with E-state index in [0.717, 1.165) is 20.7 Å². The summed E-state index contributed by atoms with van der Waals surface area (Å²) >= 11 is 5.14. The normalized spacial score (nSPS) is 12.8. The first-order chi connectivity index (χ1) is 7.58. The van der Waals surface area contributed by atoms with Crippen molar-refractivity contribution in [1.82, 2.24) is 4.98 Å². The van der Waals surface area contributed by atoms with E-state index in [9.17, 15) is 0 Å². The zero-order valence-corrected chi connectivity index (χ0v) is 11.6. The van der Waals surface area contributed by atoms with Crippen LogP contribution in [0, 0.1) is 6.92 Å². The van der Waals surface area contributed by atoms with E-state index in [4.69, 9.17) is 5.73 Å². The van der Waals surface area contributed by atoms with Gasteiger partial charge in [0.05, 0.1) is 11.7 Å². The van der Waals surface area contributed by atoms with Crippen LogP contribution in [0.15, 0.2) is 28.7 Å².